The van der Waals surface area contributed by atoms with Crippen LogP contribution in [0.5, 0.6) is 5.75 Å². The Morgan fingerprint density at radius 1 is 1.21 bits per heavy atom. The van der Waals surface area contributed by atoms with Crippen LogP contribution < -0.4 is 10.1 Å². The van der Waals surface area contributed by atoms with Crippen molar-refractivity contribution in [3.05, 3.63) is 39.5 Å². The number of carbonyl (C=O) groups excluding carboxylic acids is 2. The highest BCUT2D eigenvalue weighted by Crippen LogP contribution is 2.40. The van der Waals surface area contributed by atoms with Crippen LogP contribution in [0.25, 0.3) is 11.3 Å². The molecule has 3 rings (SSSR count). The van der Waals surface area contributed by atoms with E-state index in [9.17, 15) is 22.8 Å². The Labute approximate surface area is 198 Å². The molecule has 1 aromatic heterocycles. The first kappa shape index (κ1) is 25.1. The average molecular weight is 531 g/mol. The summed E-state index contributed by atoms with van der Waals surface area (Å²) in [5.41, 5.74) is 1.72. The van der Waals surface area contributed by atoms with Crippen LogP contribution in [0.1, 0.15) is 48.3 Å². The van der Waals surface area contributed by atoms with E-state index in [2.05, 4.69) is 26.0 Å². The maximum atomic E-state index is 13.2. The van der Waals surface area contributed by atoms with Gasteiger partial charge >= 0.3 is 12.1 Å². The van der Waals surface area contributed by atoms with Crippen LogP contribution in [-0.2, 0) is 28.9 Å². The zero-order valence-corrected chi connectivity index (χ0v) is 20.4. The zero-order chi connectivity index (χ0) is 24.6. The van der Waals surface area contributed by atoms with Gasteiger partial charge in [-0.25, -0.2) is 4.79 Å². The van der Waals surface area contributed by atoms with E-state index in [4.69, 9.17) is 4.74 Å². The lowest BCUT2D eigenvalue weighted by Crippen LogP contribution is -2.55. The van der Waals surface area contributed by atoms with Crippen LogP contribution in [0.4, 0.5) is 13.2 Å². The molecule has 0 spiro atoms. The molecule has 0 aliphatic carbocycles. The minimum atomic E-state index is -4.67. The van der Waals surface area contributed by atoms with E-state index < -0.39 is 30.0 Å². The van der Waals surface area contributed by atoms with Crippen molar-refractivity contribution in [2.24, 2.45) is 0 Å². The summed E-state index contributed by atoms with van der Waals surface area (Å²) in [6, 6.07) is 5.58. The van der Waals surface area contributed by atoms with Gasteiger partial charge in [-0.3, -0.25) is 4.79 Å². The molecule has 0 unspecified atom stereocenters. The van der Waals surface area contributed by atoms with Crippen LogP contribution in [0.2, 0.25) is 0 Å². The fourth-order valence-electron chi connectivity index (χ4n) is 4.32. The number of nitrogens with one attached hydrogen (secondary N) is 1. The summed E-state index contributed by atoms with van der Waals surface area (Å²) in [6.45, 7) is 3.50. The lowest BCUT2D eigenvalue weighted by molar-refractivity contribution is -0.169. The molecule has 1 amide bonds. The Balaban J connectivity index is 2.07. The molecule has 6 nitrogen and oxygen atoms in total. The third-order valence-corrected chi connectivity index (χ3v) is 6.36. The minimum absolute atomic E-state index is 0.211. The molecule has 10 heteroatoms. The van der Waals surface area contributed by atoms with Crippen molar-refractivity contribution in [2.75, 3.05) is 14.2 Å². The second-order valence-corrected chi connectivity index (χ2v) is 9.12. The van der Waals surface area contributed by atoms with Crippen molar-refractivity contribution in [1.29, 1.82) is 0 Å². The van der Waals surface area contributed by atoms with Gasteiger partial charge in [0.25, 0.3) is 5.91 Å². The van der Waals surface area contributed by atoms with E-state index in [0.29, 0.717) is 25.1 Å². The van der Waals surface area contributed by atoms with E-state index >= 15 is 0 Å². The number of benzene rings is 1. The molecule has 2 heterocycles. The number of ether oxygens (including phenoxy) is 2. The smallest absolute Gasteiger partial charge is 0.391 e. The summed E-state index contributed by atoms with van der Waals surface area (Å²) < 4.78 is 52.0. The summed E-state index contributed by atoms with van der Waals surface area (Å²) in [5.74, 6) is -1.22. The van der Waals surface area contributed by atoms with Crippen molar-refractivity contribution < 1.29 is 32.2 Å². The number of amides is 1. The summed E-state index contributed by atoms with van der Waals surface area (Å²) >= 11 is 3.51. The predicted molar refractivity (Wildman–Crippen MR) is 120 cm³/mol. The third-order valence-electron chi connectivity index (χ3n) is 5.74. The Morgan fingerprint density at radius 2 is 1.91 bits per heavy atom. The van der Waals surface area contributed by atoms with Gasteiger partial charge in [-0.1, -0.05) is 13.3 Å². The number of methoxy groups -OCH3 is 2. The number of fused-ring (bicyclic) bond motifs is 3. The van der Waals surface area contributed by atoms with Crippen LogP contribution in [-0.4, -0.2) is 42.4 Å². The second-order valence-electron chi connectivity index (χ2n) is 8.27. The quantitative estimate of drug-likeness (QED) is 0.508. The molecule has 33 heavy (non-hydrogen) atoms. The molecule has 0 saturated heterocycles. The van der Waals surface area contributed by atoms with E-state index in [-0.39, 0.29) is 5.69 Å². The number of aryl methyl sites for hydroxylation is 2. The van der Waals surface area contributed by atoms with Crippen molar-refractivity contribution in [3.63, 3.8) is 0 Å². The lowest BCUT2D eigenvalue weighted by atomic mass is 9.95. The van der Waals surface area contributed by atoms with Gasteiger partial charge < -0.3 is 19.4 Å². The van der Waals surface area contributed by atoms with Crippen molar-refractivity contribution in [1.82, 2.24) is 9.88 Å². The summed E-state index contributed by atoms with van der Waals surface area (Å²) in [6.07, 6.45) is -4.10. The number of halogens is 4. The van der Waals surface area contributed by atoms with E-state index in [0.717, 1.165) is 47.3 Å². The van der Waals surface area contributed by atoms with Crippen molar-refractivity contribution >= 4 is 27.8 Å². The molecule has 2 aromatic rings. The fourth-order valence-corrected chi connectivity index (χ4v) is 4.83. The van der Waals surface area contributed by atoms with E-state index in [1.54, 1.807) is 13.2 Å². The minimum Gasteiger partial charge on any atom is -0.496 e. The van der Waals surface area contributed by atoms with Gasteiger partial charge in [-0.2, -0.15) is 13.2 Å². The number of hydrogen-bond acceptors (Lipinski definition) is 4. The standard InChI is InChI=1S/C23H26BrF3N2O4/c1-5-6-14-9-17(20(30)28-22(2,21(31)33-4)12-23(25,26)27)29-8-7-13-10-18(32-3)16(24)11-15(13)19(14)29/h9-11H,5-8,12H2,1-4H3,(H,28,30)/t22-/m0/s1. The Morgan fingerprint density at radius 3 is 2.48 bits per heavy atom. The second kappa shape index (κ2) is 9.40. The molecule has 1 aliphatic heterocycles. The largest absolute Gasteiger partial charge is 0.496 e. The highest BCUT2D eigenvalue weighted by Gasteiger charge is 2.47. The third kappa shape index (κ3) is 5.05. The number of nitrogens with zero attached hydrogens (tertiary/aromatic N) is 1. The molecule has 180 valence electrons. The summed E-state index contributed by atoms with van der Waals surface area (Å²) in [7, 11) is 2.58. The van der Waals surface area contributed by atoms with E-state index in [1.807, 2.05) is 23.6 Å². The Hall–Kier alpha value is -2.49. The monoisotopic (exact) mass is 530 g/mol. The molecular formula is C23H26BrF3N2O4. The molecule has 1 aliphatic rings. The summed E-state index contributed by atoms with van der Waals surface area (Å²) in [4.78, 5) is 25.4. The van der Waals surface area contributed by atoms with E-state index in [1.165, 1.54) is 0 Å². The maximum absolute atomic E-state index is 13.2. The molecule has 0 fully saturated rings. The number of alkyl halides is 3. The molecular weight excluding hydrogens is 505 g/mol. The number of esters is 1. The van der Waals surface area contributed by atoms with Gasteiger partial charge in [0.05, 0.1) is 30.8 Å². The van der Waals surface area contributed by atoms with Gasteiger partial charge in [0.15, 0.2) is 0 Å². The van der Waals surface area contributed by atoms with Gasteiger partial charge in [0.1, 0.15) is 17.0 Å². The molecule has 1 N–H and O–H groups in total. The van der Waals surface area contributed by atoms with Crippen LogP contribution in [0, 0.1) is 0 Å². The molecule has 1 atom stereocenters. The van der Waals surface area contributed by atoms with Gasteiger partial charge in [-0.15, -0.1) is 0 Å². The number of carbonyl (C=O) groups is 2. The number of aromatic nitrogens is 1. The van der Waals surface area contributed by atoms with Crippen LogP contribution >= 0.6 is 15.9 Å². The topological polar surface area (TPSA) is 69.6 Å². The first-order valence-corrected chi connectivity index (χ1v) is 11.3. The zero-order valence-electron chi connectivity index (χ0n) is 18.9. The number of hydrogen-bond donors (Lipinski definition) is 1. The predicted octanol–water partition coefficient (Wildman–Crippen LogP) is 5.05. The molecule has 0 saturated carbocycles. The highest BCUT2D eigenvalue weighted by atomic mass is 79.9. The highest BCUT2D eigenvalue weighted by molar-refractivity contribution is 9.10. The van der Waals surface area contributed by atoms with Crippen molar-refractivity contribution in [3.8, 4) is 17.0 Å². The maximum Gasteiger partial charge on any atom is 0.391 e. The summed E-state index contributed by atoms with van der Waals surface area (Å²) in [5, 5.41) is 2.29. The van der Waals surface area contributed by atoms with Gasteiger partial charge in [0.2, 0.25) is 0 Å². The SMILES string of the molecule is CCCc1cc(C(=O)N[C@@](C)(CC(F)(F)F)C(=O)OC)n2c1-c1cc(Br)c(OC)cc1CC2. The van der Waals surface area contributed by atoms with Crippen LogP contribution in [0.15, 0.2) is 22.7 Å². The first-order chi connectivity index (χ1) is 15.4. The van der Waals surface area contributed by atoms with Gasteiger partial charge in [-0.05, 0) is 65.0 Å². The van der Waals surface area contributed by atoms with Crippen molar-refractivity contribution in [2.45, 2.75) is 57.8 Å². The van der Waals surface area contributed by atoms with Gasteiger partial charge in [0, 0.05) is 12.1 Å². The fraction of sp³-hybridized carbons (Fsp3) is 0.478. The lowest BCUT2D eigenvalue weighted by Gasteiger charge is -2.29. The molecule has 0 bridgehead atoms. The number of rotatable bonds is 7. The molecule has 0 radical (unpaired) electrons. The normalized spacial score (nSPS) is 14.7. The molecule has 1 aromatic carbocycles. The first-order valence-electron chi connectivity index (χ1n) is 10.5. The Kier molecular flexibility index (Phi) is 7.16. The average Bonchev–Trinajstić information content (AvgIpc) is 3.10. The Bertz CT molecular complexity index is 1080. The van der Waals surface area contributed by atoms with Crippen LogP contribution in [0.3, 0.4) is 0 Å².